The van der Waals surface area contributed by atoms with E-state index in [0.717, 1.165) is 5.56 Å². The number of nitrogens with one attached hydrogen (secondary N) is 1. The summed E-state index contributed by atoms with van der Waals surface area (Å²) in [5.74, 6) is -0.629. The number of anilines is 2. The minimum absolute atomic E-state index is 0.0510. The fourth-order valence-electron chi connectivity index (χ4n) is 1.74. The van der Waals surface area contributed by atoms with E-state index in [1.807, 2.05) is 0 Å². The van der Waals surface area contributed by atoms with Crippen molar-refractivity contribution in [3.63, 3.8) is 0 Å². The molecule has 0 aliphatic heterocycles. The monoisotopic (exact) mass is 305 g/mol. The highest BCUT2D eigenvalue weighted by molar-refractivity contribution is 7.92. The molecule has 0 saturated heterocycles. The van der Waals surface area contributed by atoms with E-state index < -0.39 is 15.9 Å². The van der Waals surface area contributed by atoms with Crippen molar-refractivity contribution >= 4 is 27.3 Å². The first-order chi connectivity index (χ1) is 9.79. The standard InChI is InChI=1S/C14H15N3O3S/c1-9-5-6-12(8-13(9)15)21(19,20)17-11-4-2-3-10(7-11)14(16)18/h2-8,17H,15H2,1H3,(H2,16,18). The molecule has 0 radical (unpaired) electrons. The largest absolute Gasteiger partial charge is 0.398 e. The Morgan fingerprint density at radius 3 is 2.48 bits per heavy atom. The van der Waals surface area contributed by atoms with Crippen molar-refractivity contribution in [2.24, 2.45) is 5.73 Å². The summed E-state index contributed by atoms with van der Waals surface area (Å²) >= 11 is 0. The van der Waals surface area contributed by atoms with Crippen LogP contribution in [-0.4, -0.2) is 14.3 Å². The van der Waals surface area contributed by atoms with Crippen LogP contribution in [0, 0.1) is 6.92 Å². The Labute approximate surface area is 122 Å². The third-order valence-electron chi connectivity index (χ3n) is 2.96. The summed E-state index contributed by atoms with van der Waals surface area (Å²) in [5, 5.41) is 0. The van der Waals surface area contributed by atoms with Gasteiger partial charge in [-0.1, -0.05) is 12.1 Å². The number of nitrogens with two attached hydrogens (primary N) is 2. The zero-order valence-corrected chi connectivity index (χ0v) is 12.1. The first-order valence-electron chi connectivity index (χ1n) is 6.08. The Bertz CT molecular complexity index is 801. The van der Waals surface area contributed by atoms with E-state index in [0.29, 0.717) is 5.69 Å². The molecular weight excluding hydrogens is 290 g/mol. The fourth-order valence-corrected chi connectivity index (χ4v) is 2.82. The van der Waals surface area contributed by atoms with Gasteiger partial charge in [0.2, 0.25) is 5.91 Å². The van der Waals surface area contributed by atoms with Gasteiger partial charge in [0.1, 0.15) is 0 Å². The van der Waals surface area contributed by atoms with Gasteiger partial charge in [-0.05, 0) is 42.8 Å². The van der Waals surface area contributed by atoms with Gasteiger partial charge in [0.25, 0.3) is 10.0 Å². The molecule has 0 heterocycles. The number of rotatable bonds is 4. The van der Waals surface area contributed by atoms with Gasteiger partial charge in [-0.2, -0.15) is 0 Å². The minimum Gasteiger partial charge on any atom is -0.398 e. The maximum absolute atomic E-state index is 12.3. The summed E-state index contributed by atoms with van der Waals surface area (Å²) in [4.78, 5) is 11.2. The van der Waals surface area contributed by atoms with E-state index in [1.54, 1.807) is 19.1 Å². The van der Waals surface area contributed by atoms with Crippen LogP contribution in [0.5, 0.6) is 0 Å². The molecule has 2 aromatic carbocycles. The average Bonchev–Trinajstić information content (AvgIpc) is 2.41. The topological polar surface area (TPSA) is 115 Å². The molecule has 0 spiro atoms. The highest BCUT2D eigenvalue weighted by Crippen LogP contribution is 2.20. The molecule has 0 aromatic heterocycles. The van der Waals surface area contributed by atoms with E-state index >= 15 is 0 Å². The third kappa shape index (κ3) is 3.32. The van der Waals surface area contributed by atoms with Crippen LogP contribution in [0.2, 0.25) is 0 Å². The van der Waals surface area contributed by atoms with Crippen LogP contribution in [0.1, 0.15) is 15.9 Å². The second-order valence-electron chi connectivity index (χ2n) is 4.57. The average molecular weight is 305 g/mol. The Hall–Kier alpha value is -2.54. The maximum atomic E-state index is 12.3. The Kier molecular flexibility index (Phi) is 3.86. The zero-order valence-electron chi connectivity index (χ0n) is 11.3. The van der Waals surface area contributed by atoms with Gasteiger partial charge in [0.05, 0.1) is 4.90 Å². The van der Waals surface area contributed by atoms with Crippen molar-refractivity contribution in [2.45, 2.75) is 11.8 Å². The lowest BCUT2D eigenvalue weighted by molar-refractivity contribution is 0.100. The number of carbonyl (C=O) groups is 1. The zero-order chi connectivity index (χ0) is 15.6. The van der Waals surface area contributed by atoms with Crippen molar-refractivity contribution < 1.29 is 13.2 Å². The van der Waals surface area contributed by atoms with Gasteiger partial charge >= 0.3 is 0 Å². The molecule has 7 heteroatoms. The quantitative estimate of drug-likeness (QED) is 0.742. The smallest absolute Gasteiger partial charge is 0.261 e. The number of amides is 1. The van der Waals surface area contributed by atoms with Gasteiger partial charge in [0.15, 0.2) is 0 Å². The van der Waals surface area contributed by atoms with E-state index in [2.05, 4.69) is 4.72 Å². The van der Waals surface area contributed by atoms with Crippen LogP contribution in [0.15, 0.2) is 47.4 Å². The van der Waals surface area contributed by atoms with Gasteiger partial charge in [-0.25, -0.2) is 8.42 Å². The summed E-state index contributed by atoms with van der Waals surface area (Å²) in [6, 6.07) is 10.4. The lowest BCUT2D eigenvalue weighted by Gasteiger charge is -2.10. The van der Waals surface area contributed by atoms with Gasteiger partial charge < -0.3 is 11.5 Å². The first kappa shape index (κ1) is 14.9. The Morgan fingerprint density at radius 1 is 1.14 bits per heavy atom. The number of carbonyl (C=O) groups excluding carboxylic acids is 1. The number of nitrogen functional groups attached to an aromatic ring is 1. The molecule has 1 amide bonds. The summed E-state index contributed by atoms with van der Waals surface area (Å²) in [7, 11) is -3.78. The summed E-state index contributed by atoms with van der Waals surface area (Å²) in [6.07, 6.45) is 0. The Morgan fingerprint density at radius 2 is 1.86 bits per heavy atom. The molecule has 0 aliphatic carbocycles. The fraction of sp³-hybridized carbons (Fsp3) is 0.0714. The van der Waals surface area contributed by atoms with Gasteiger partial charge in [0, 0.05) is 16.9 Å². The SMILES string of the molecule is Cc1ccc(S(=O)(=O)Nc2cccc(C(N)=O)c2)cc1N. The molecule has 0 unspecified atom stereocenters. The predicted octanol–water partition coefficient (Wildman–Crippen LogP) is 1.48. The highest BCUT2D eigenvalue weighted by Gasteiger charge is 2.15. The minimum atomic E-state index is -3.78. The molecule has 0 aliphatic rings. The van der Waals surface area contributed by atoms with Crippen LogP contribution in [0.3, 0.4) is 0 Å². The molecule has 21 heavy (non-hydrogen) atoms. The second-order valence-corrected chi connectivity index (χ2v) is 6.25. The number of hydrogen-bond donors (Lipinski definition) is 3. The number of aryl methyl sites for hydroxylation is 1. The molecule has 2 rings (SSSR count). The molecule has 0 atom stereocenters. The molecule has 0 fully saturated rings. The number of benzene rings is 2. The molecular formula is C14H15N3O3S. The normalized spacial score (nSPS) is 11.1. The molecule has 0 bridgehead atoms. The lowest BCUT2D eigenvalue weighted by atomic mass is 10.2. The van der Waals surface area contributed by atoms with E-state index in [9.17, 15) is 13.2 Å². The van der Waals surface area contributed by atoms with Crippen molar-refractivity contribution in [1.82, 2.24) is 0 Å². The van der Waals surface area contributed by atoms with Crippen molar-refractivity contribution in [3.8, 4) is 0 Å². The number of sulfonamides is 1. The van der Waals surface area contributed by atoms with Crippen molar-refractivity contribution in [3.05, 3.63) is 53.6 Å². The van der Waals surface area contributed by atoms with Crippen LogP contribution >= 0.6 is 0 Å². The van der Waals surface area contributed by atoms with Crippen molar-refractivity contribution in [1.29, 1.82) is 0 Å². The lowest BCUT2D eigenvalue weighted by Crippen LogP contribution is -2.15. The van der Waals surface area contributed by atoms with Gasteiger partial charge in [-0.15, -0.1) is 0 Å². The molecule has 110 valence electrons. The van der Waals surface area contributed by atoms with E-state index in [-0.39, 0.29) is 16.1 Å². The Balaban J connectivity index is 2.35. The number of primary amides is 1. The number of hydrogen-bond acceptors (Lipinski definition) is 4. The van der Waals surface area contributed by atoms with E-state index in [1.165, 1.54) is 30.3 Å². The summed E-state index contributed by atoms with van der Waals surface area (Å²) in [6.45, 7) is 1.79. The second kappa shape index (κ2) is 5.45. The van der Waals surface area contributed by atoms with Crippen molar-refractivity contribution in [2.75, 3.05) is 10.5 Å². The first-order valence-corrected chi connectivity index (χ1v) is 7.57. The highest BCUT2D eigenvalue weighted by atomic mass is 32.2. The third-order valence-corrected chi connectivity index (χ3v) is 4.34. The van der Waals surface area contributed by atoms with E-state index in [4.69, 9.17) is 11.5 Å². The molecule has 0 saturated carbocycles. The maximum Gasteiger partial charge on any atom is 0.261 e. The van der Waals surface area contributed by atoms with Crippen LogP contribution in [0.4, 0.5) is 11.4 Å². The predicted molar refractivity (Wildman–Crippen MR) is 81.4 cm³/mol. The van der Waals surface area contributed by atoms with Crippen LogP contribution in [-0.2, 0) is 10.0 Å². The molecule has 2 aromatic rings. The van der Waals surface area contributed by atoms with Crippen LogP contribution < -0.4 is 16.2 Å². The molecule has 6 nitrogen and oxygen atoms in total. The summed E-state index contributed by atoms with van der Waals surface area (Å²) < 4.78 is 26.9. The molecule has 5 N–H and O–H groups in total. The summed E-state index contributed by atoms with van der Waals surface area (Å²) in [5.41, 5.74) is 12.5. The van der Waals surface area contributed by atoms with Gasteiger partial charge in [-0.3, -0.25) is 9.52 Å². The van der Waals surface area contributed by atoms with Crippen LogP contribution in [0.25, 0.3) is 0 Å².